The Labute approximate surface area is 114 Å². The fraction of sp³-hybridized carbons (Fsp3) is 0.462. The molecular formula is C13H16F3NO3. The number of carboxylic acids is 1. The maximum atomic E-state index is 12.0. The Kier molecular flexibility index (Phi) is 4.65. The van der Waals surface area contributed by atoms with E-state index in [4.69, 9.17) is 10.8 Å². The molecule has 0 saturated carbocycles. The molecule has 2 unspecified atom stereocenters. The van der Waals surface area contributed by atoms with E-state index in [-0.39, 0.29) is 18.1 Å². The summed E-state index contributed by atoms with van der Waals surface area (Å²) in [5.74, 6) is -1.65. The molecule has 0 saturated heterocycles. The molecule has 2 atom stereocenters. The molecule has 0 heterocycles. The van der Waals surface area contributed by atoms with Gasteiger partial charge in [-0.2, -0.15) is 0 Å². The number of ether oxygens (including phenoxy) is 1. The van der Waals surface area contributed by atoms with Gasteiger partial charge in [0, 0.05) is 0 Å². The lowest BCUT2D eigenvalue weighted by molar-refractivity contribution is -0.274. The highest BCUT2D eigenvalue weighted by Gasteiger charge is 2.32. The predicted octanol–water partition coefficient (Wildman–Crippen LogP) is 2.88. The summed E-state index contributed by atoms with van der Waals surface area (Å²) in [6, 6.07) is 5.30. The van der Waals surface area contributed by atoms with Gasteiger partial charge in [-0.05, 0) is 37.0 Å². The van der Waals surface area contributed by atoms with Gasteiger partial charge in [-0.3, -0.25) is 4.79 Å². The van der Waals surface area contributed by atoms with Gasteiger partial charge in [0.1, 0.15) is 11.3 Å². The summed E-state index contributed by atoms with van der Waals surface area (Å²) in [6.45, 7) is 3.15. The molecule has 7 heteroatoms. The third kappa shape index (κ3) is 4.73. The van der Waals surface area contributed by atoms with Gasteiger partial charge in [-0.1, -0.05) is 19.1 Å². The number of hydrogen-bond acceptors (Lipinski definition) is 3. The van der Waals surface area contributed by atoms with Crippen molar-refractivity contribution in [2.75, 3.05) is 0 Å². The molecule has 3 N–H and O–H groups in total. The standard InChI is InChI=1S/C13H16F3NO3/c1-8(7-12(2,17)11(18)19)9-3-5-10(6-4-9)20-13(14,15)16/h3-6,8H,7,17H2,1-2H3,(H,18,19). The molecular weight excluding hydrogens is 275 g/mol. The van der Waals surface area contributed by atoms with Crippen molar-refractivity contribution in [3.8, 4) is 5.75 Å². The number of rotatable bonds is 5. The number of carboxylic acid groups (broad SMARTS) is 1. The van der Waals surface area contributed by atoms with Crippen LogP contribution in [0.3, 0.4) is 0 Å². The van der Waals surface area contributed by atoms with Gasteiger partial charge in [0.15, 0.2) is 0 Å². The van der Waals surface area contributed by atoms with Crippen LogP contribution in [0.4, 0.5) is 13.2 Å². The maximum absolute atomic E-state index is 12.0. The minimum atomic E-state index is -4.73. The molecule has 112 valence electrons. The van der Waals surface area contributed by atoms with Crippen molar-refractivity contribution in [3.63, 3.8) is 0 Å². The van der Waals surface area contributed by atoms with Crippen molar-refractivity contribution in [1.82, 2.24) is 0 Å². The van der Waals surface area contributed by atoms with Crippen molar-refractivity contribution in [1.29, 1.82) is 0 Å². The number of nitrogens with two attached hydrogens (primary N) is 1. The number of alkyl halides is 3. The molecule has 0 aliphatic heterocycles. The first-order chi connectivity index (χ1) is 9.01. The summed E-state index contributed by atoms with van der Waals surface area (Å²) in [5.41, 5.74) is 4.94. The maximum Gasteiger partial charge on any atom is 0.573 e. The molecule has 0 fully saturated rings. The highest BCUT2D eigenvalue weighted by molar-refractivity contribution is 5.77. The predicted molar refractivity (Wildman–Crippen MR) is 66.4 cm³/mol. The summed E-state index contributed by atoms with van der Waals surface area (Å²) in [4.78, 5) is 10.9. The Bertz CT molecular complexity index is 469. The first kappa shape index (κ1) is 16.3. The molecule has 1 aromatic carbocycles. The van der Waals surface area contributed by atoms with Gasteiger partial charge in [-0.15, -0.1) is 13.2 Å². The summed E-state index contributed by atoms with van der Waals surface area (Å²) in [6.07, 6.45) is -4.56. The minimum absolute atomic E-state index is 0.168. The van der Waals surface area contributed by atoms with Crippen LogP contribution < -0.4 is 10.5 Å². The largest absolute Gasteiger partial charge is 0.573 e. The average Bonchev–Trinajstić information content (AvgIpc) is 2.26. The summed E-state index contributed by atoms with van der Waals surface area (Å²) in [7, 11) is 0. The molecule has 0 spiro atoms. The smallest absolute Gasteiger partial charge is 0.480 e. The van der Waals surface area contributed by atoms with Crippen LogP contribution in [0.15, 0.2) is 24.3 Å². The average molecular weight is 291 g/mol. The lowest BCUT2D eigenvalue weighted by atomic mass is 9.86. The first-order valence-corrected chi connectivity index (χ1v) is 5.89. The van der Waals surface area contributed by atoms with Crippen LogP contribution >= 0.6 is 0 Å². The highest BCUT2D eigenvalue weighted by atomic mass is 19.4. The van der Waals surface area contributed by atoms with E-state index in [0.29, 0.717) is 5.56 Å². The van der Waals surface area contributed by atoms with Gasteiger partial charge in [-0.25, -0.2) is 0 Å². The van der Waals surface area contributed by atoms with Crippen molar-refractivity contribution in [2.24, 2.45) is 5.73 Å². The van der Waals surface area contributed by atoms with E-state index in [9.17, 15) is 18.0 Å². The van der Waals surface area contributed by atoms with Gasteiger partial charge in [0.25, 0.3) is 0 Å². The van der Waals surface area contributed by atoms with E-state index in [1.165, 1.54) is 31.2 Å². The fourth-order valence-electron chi connectivity index (χ4n) is 1.84. The van der Waals surface area contributed by atoms with Gasteiger partial charge < -0.3 is 15.6 Å². The number of aliphatic carboxylic acids is 1. The number of halogens is 3. The molecule has 0 aromatic heterocycles. The molecule has 4 nitrogen and oxygen atoms in total. The molecule has 0 amide bonds. The SMILES string of the molecule is CC(CC(C)(N)C(=O)O)c1ccc(OC(F)(F)F)cc1. The summed E-state index contributed by atoms with van der Waals surface area (Å²) in [5, 5.41) is 8.94. The Morgan fingerprint density at radius 3 is 2.25 bits per heavy atom. The molecule has 0 aliphatic rings. The van der Waals surface area contributed by atoms with Crippen molar-refractivity contribution in [2.45, 2.75) is 38.1 Å². The van der Waals surface area contributed by atoms with Crippen LogP contribution in [0.1, 0.15) is 31.7 Å². The van der Waals surface area contributed by atoms with E-state index >= 15 is 0 Å². The summed E-state index contributed by atoms with van der Waals surface area (Å²) < 4.78 is 39.8. The fourth-order valence-corrected chi connectivity index (χ4v) is 1.84. The van der Waals surface area contributed by atoms with Gasteiger partial charge in [0.2, 0.25) is 0 Å². The van der Waals surface area contributed by atoms with E-state index in [1.807, 2.05) is 0 Å². The van der Waals surface area contributed by atoms with E-state index in [0.717, 1.165) is 0 Å². The second-order valence-corrected chi connectivity index (χ2v) is 4.94. The normalized spacial score (nSPS) is 16.3. The molecule has 20 heavy (non-hydrogen) atoms. The zero-order chi connectivity index (χ0) is 15.6. The van der Waals surface area contributed by atoms with Gasteiger partial charge >= 0.3 is 12.3 Å². The minimum Gasteiger partial charge on any atom is -0.480 e. The van der Waals surface area contributed by atoms with E-state index < -0.39 is 17.9 Å². The van der Waals surface area contributed by atoms with E-state index in [2.05, 4.69) is 4.74 Å². The third-order valence-electron chi connectivity index (χ3n) is 2.90. The Balaban J connectivity index is 2.76. The molecule has 1 rings (SSSR count). The van der Waals surface area contributed by atoms with Crippen molar-refractivity contribution in [3.05, 3.63) is 29.8 Å². The lowest BCUT2D eigenvalue weighted by Gasteiger charge is -2.23. The number of carbonyl (C=O) groups is 1. The first-order valence-electron chi connectivity index (χ1n) is 5.89. The monoisotopic (exact) mass is 291 g/mol. The Hall–Kier alpha value is -1.76. The van der Waals surface area contributed by atoms with Crippen LogP contribution in [0.5, 0.6) is 5.75 Å². The van der Waals surface area contributed by atoms with Crippen LogP contribution in [0, 0.1) is 0 Å². The highest BCUT2D eigenvalue weighted by Crippen LogP contribution is 2.28. The zero-order valence-electron chi connectivity index (χ0n) is 11.1. The molecule has 1 aromatic rings. The second kappa shape index (κ2) is 5.70. The second-order valence-electron chi connectivity index (χ2n) is 4.94. The molecule has 0 aliphatic carbocycles. The Morgan fingerprint density at radius 1 is 1.35 bits per heavy atom. The van der Waals surface area contributed by atoms with Gasteiger partial charge in [0.05, 0.1) is 0 Å². The molecule has 0 radical (unpaired) electrons. The lowest BCUT2D eigenvalue weighted by Crippen LogP contribution is -2.45. The van der Waals surface area contributed by atoms with Crippen LogP contribution in [-0.2, 0) is 4.79 Å². The number of benzene rings is 1. The van der Waals surface area contributed by atoms with Crippen LogP contribution in [0.2, 0.25) is 0 Å². The zero-order valence-corrected chi connectivity index (χ0v) is 11.1. The Morgan fingerprint density at radius 2 is 1.85 bits per heavy atom. The van der Waals surface area contributed by atoms with Crippen LogP contribution in [0.25, 0.3) is 0 Å². The molecule has 0 bridgehead atoms. The quantitative estimate of drug-likeness (QED) is 0.875. The third-order valence-corrected chi connectivity index (χ3v) is 2.90. The van der Waals surface area contributed by atoms with Crippen molar-refractivity contribution < 1.29 is 27.8 Å². The summed E-state index contributed by atoms with van der Waals surface area (Å²) >= 11 is 0. The topological polar surface area (TPSA) is 72.6 Å². The van der Waals surface area contributed by atoms with Crippen molar-refractivity contribution >= 4 is 5.97 Å². The number of hydrogen-bond donors (Lipinski definition) is 2. The van der Waals surface area contributed by atoms with Crippen LogP contribution in [-0.4, -0.2) is 23.0 Å². The van der Waals surface area contributed by atoms with E-state index in [1.54, 1.807) is 6.92 Å².